The zero-order valence-corrected chi connectivity index (χ0v) is 13.3. The average Bonchev–Trinajstić information content (AvgIpc) is 2.55. The molecule has 9 heteroatoms. The molecule has 0 unspecified atom stereocenters. The third kappa shape index (κ3) is 3.82. The van der Waals surface area contributed by atoms with E-state index in [1.54, 1.807) is 0 Å². The van der Waals surface area contributed by atoms with Gasteiger partial charge in [0.15, 0.2) is 5.75 Å². The number of carboxylic acid groups (broad SMARTS) is 1. The van der Waals surface area contributed by atoms with Gasteiger partial charge in [-0.1, -0.05) is 18.2 Å². The van der Waals surface area contributed by atoms with E-state index < -0.39 is 18.1 Å². The first kappa shape index (κ1) is 17.5. The summed E-state index contributed by atoms with van der Waals surface area (Å²) in [6.07, 6.45) is -3.44. The van der Waals surface area contributed by atoms with E-state index in [1.165, 1.54) is 6.20 Å². The monoisotopic (exact) mass is 363 g/mol. The normalized spacial score (nSPS) is 11.4. The molecule has 2 N–H and O–H groups in total. The molecule has 0 atom stereocenters. The van der Waals surface area contributed by atoms with Crippen molar-refractivity contribution in [3.63, 3.8) is 0 Å². The Hall–Kier alpha value is -3.36. The number of nitrogens with one attached hydrogen (secondary N) is 1. The summed E-state index contributed by atoms with van der Waals surface area (Å²) >= 11 is 0. The van der Waals surface area contributed by atoms with E-state index >= 15 is 0 Å². The summed E-state index contributed by atoms with van der Waals surface area (Å²) in [7, 11) is 0. The van der Waals surface area contributed by atoms with Gasteiger partial charge in [0.25, 0.3) is 0 Å². The van der Waals surface area contributed by atoms with E-state index in [-0.39, 0.29) is 17.2 Å². The van der Waals surface area contributed by atoms with E-state index in [1.807, 2.05) is 25.1 Å². The van der Waals surface area contributed by atoms with Gasteiger partial charge in [-0.15, -0.1) is 13.2 Å². The molecule has 0 saturated carbocycles. The first-order chi connectivity index (χ1) is 12.2. The van der Waals surface area contributed by atoms with Gasteiger partial charge in [-0.25, -0.2) is 14.8 Å². The molecule has 0 bridgehead atoms. The lowest BCUT2D eigenvalue weighted by atomic mass is 10.1. The smallest absolute Gasteiger partial charge is 0.478 e. The Kier molecular flexibility index (Phi) is 4.37. The Morgan fingerprint density at radius 2 is 2.00 bits per heavy atom. The quantitative estimate of drug-likeness (QED) is 0.720. The first-order valence-electron chi connectivity index (χ1n) is 7.35. The van der Waals surface area contributed by atoms with Gasteiger partial charge in [-0.3, -0.25) is 0 Å². The summed E-state index contributed by atoms with van der Waals surface area (Å²) in [5, 5.41) is 12.4. The maximum Gasteiger partial charge on any atom is 0.573 e. The van der Waals surface area contributed by atoms with Crippen LogP contribution in [-0.4, -0.2) is 27.4 Å². The predicted octanol–water partition coefficient (Wildman–Crippen LogP) is 4.28. The number of carbonyl (C=O) groups is 1. The number of benzene rings is 2. The minimum atomic E-state index is -4.98. The summed E-state index contributed by atoms with van der Waals surface area (Å²) in [6, 6.07) is 8.60. The minimum absolute atomic E-state index is 0.0573. The molecule has 0 fully saturated rings. The highest BCUT2D eigenvalue weighted by Gasteiger charge is 2.32. The fourth-order valence-corrected chi connectivity index (χ4v) is 2.35. The first-order valence-corrected chi connectivity index (χ1v) is 7.35. The molecule has 0 aliphatic carbocycles. The number of aryl methyl sites for hydroxylation is 1. The number of carboxylic acids is 1. The Morgan fingerprint density at radius 3 is 2.69 bits per heavy atom. The van der Waals surface area contributed by atoms with Crippen molar-refractivity contribution in [3.8, 4) is 5.75 Å². The van der Waals surface area contributed by atoms with Gasteiger partial charge < -0.3 is 15.2 Å². The molecule has 0 amide bonds. The van der Waals surface area contributed by atoms with Crippen LogP contribution < -0.4 is 10.1 Å². The van der Waals surface area contributed by atoms with Gasteiger partial charge in [0, 0.05) is 11.6 Å². The molecule has 2 aromatic carbocycles. The van der Waals surface area contributed by atoms with Crippen LogP contribution in [0.15, 0.2) is 42.6 Å². The summed E-state index contributed by atoms with van der Waals surface area (Å²) in [5.41, 5.74) is 1.07. The van der Waals surface area contributed by atoms with Crippen LogP contribution in [0.2, 0.25) is 0 Å². The fourth-order valence-electron chi connectivity index (χ4n) is 2.35. The van der Waals surface area contributed by atoms with Crippen LogP contribution in [0.25, 0.3) is 10.9 Å². The number of hydrogen-bond donors (Lipinski definition) is 2. The molecular formula is C17H12F3N3O3. The molecule has 0 aliphatic rings. The van der Waals surface area contributed by atoms with Gasteiger partial charge in [0.1, 0.15) is 0 Å². The number of anilines is 2. The van der Waals surface area contributed by atoms with E-state index in [9.17, 15) is 18.0 Å². The molecule has 3 aromatic rings. The van der Waals surface area contributed by atoms with Crippen molar-refractivity contribution in [2.24, 2.45) is 0 Å². The Labute approximate surface area is 145 Å². The Morgan fingerprint density at radius 1 is 1.23 bits per heavy atom. The molecule has 1 heterocycles. The summed E-state index contributed by atoms with van der Waals surface area (Å²) in [6.45, 7) is 1.85. The zero-order valence-electron chi connectivity index (χ0n) is 13.3. The van der Waals surface area contributed by atoms with Gasteiger partial charge >= 0.3 is 12.3 Å². The second-order valence-electron chi connectivity index (χ2n) is 5.40. The van der Waals surface area contributed by atoms with Crippen LogP contribution in [0.5, 0.6) is 5.75 Å². The highest BCUT2D eigenvalue weighted by molar-refractivity contribution is 5.89. The van der Waals surface area contributed by atoms with E-state index in [4.69, 9.17) is 5.11 Å². The van der Waals surface area contributed by atoms with Crippen molar-refractivity contribution in [3.05, 3.63) is 53.7 Å². The average molecular weight is 363 g/mol. The number of nitrogens with zero attached hydrogens (tertiary/aromatic N) is 2. The largest absolute Gasteiger partial charge is 0.573 e. The van der Waals surface area contributed by atoms with Gasteiger partial charge in [-0.2, -0.15) is 0 Å². The summed E-state index contributed by atoms with van der Waals surface area (Å²) < 4.78 is 41.8. The molecule has 0 aliphatic heterocycles. The molecule has 0 saturated heterocycles. The number of rotatable bonds is 4. The van der Waals surface area contributed by atoms with Crippen LogP contribution in [0, 0.1) is 6.92 Å². The van der Waals surface area contributed by atoms with Gasteiger partial charge in [0.05, 0.1) is 16.8 Å². The van der Waals surface area contributed by atoms with Crippen molar-refractivity contribution in [2.45, 2.75) is 13.3 Å². The maximum atomic E-state index is 12.6. The highest BCUT2D eigenvalue weighted by Crippen LogP contribution is 2.33. The van der Waals surface area contributed by atoms with E-state index in [0.29, 0.717) is 5.52 Å². The number of fused-ring (bicyclic) bond motifs is 1. The fraction of sp³-hybridized carbons (Fsp3) is 0.118. The highest BCUT2D eigenvalue weighted by atomic mass is 19.4. The Bertz CT molecular complexity index is 990. The molecule has 0 radical (unpaired) electrons. The molecule has 134 valence electrons. The van der Waals surface area contributed by atoms with Gasteiger partial charge in [-0.05, 0) is 30.7 Å². The third-order valence-electron chi connectivity index (χ3n) is 3.51. The molecule has 26 heavy (non-hydrogen) atoms. The standard InChI is InChI=1S/C17H12F3N3O3/c1-9-3-2-4-11-8-21-16(23-14(9)11)22-12-6-5-10(15(24)25)7-13(12)26-17(18,19)20/h2-8H,1H3,(H,24,25)(H,21,22,23). The van der Waals surface area contributed by atoms with Crippen molar-refractivity contribution < 1.29 is 27.8 Å². The van der Waals surface area contributed by atoms with E-state index in [2.05, 4.69) is 20.0 Å². The molecular weight excluding hydrogens is 351 g/mol. The number of alkyl halides is 3. The predicted molar refractivity (Wildman–Crippen MR) is 87.6 cm³/mol. The van der Waals surface area contributed by atoms with Crippen LogP contribution in [0.1, 0.15) is 15.9 Å². The molecule has 0 spiro atoms. The van der Waals surface area contributed by atoms with Crippen LogP contribution in [-0.2, 0) is 0 Å². The topological polar surface area (TPSA) is 84.3 Å². The lowest BCUT2D eigenvalue weighted by molar-refractivity contribution is -0.274. The zero-order chi connectivity index (χ0) is 18.9. The number of aromatic nitrogens is 2. The van der Waals surface area contributed by atoms with Crippen LogP contribution in [0.3, 0.4) is 0 Å². The number of halogens is 3. The lowest BCUT2D eigenvalue weighted by Crippen LogP contribution is -2.18. The second kappa shape index (κ2) is 6.51. The number of aromatic carboxylic acids is 1. The van der Waals surface area contributed by atoms with E-state index in [0.717, 1.165) is 29.1 Å². The number of para-hydroxylation sites is 1. The van der Waals surface area contributed by atoms with Crippen LogP contribution in [0.4, 0.5) is 24.8 Å². The van der Waals surface area contributed by atoms with Crippen LogP contribution >= 0.6 is 0 Å². The van der Waals surface area contributed by atoms with Crippen molar-refractivity contribution in [2.75, 3.05) is 5.32 Å². The molecule has 1 aromatic heterocycles. The lowest BCUT2D eigenvalue weighted by Gasteiger charge is -2.15. The minimum Gasteiger partial charge on any atom is -0.478 e. The third-order valence-corrected chi connectivity index (χ3v) is 3.51. The SMILES string of the molecule is Cc1cccc2cnc(Nc3ccc(C(=O)O)cc3OC(F)(F)F)nc12. The van der Waals surface area contributed by atoms with Crippen molar-refractivity contribution >= 4 is 28.5 Å². The summed E-state index contributed by atoms with van der Waals surface area (Å²) in [5.74, 6) is -2.01. The second-order valence-corrected chi connectivity index (χ2v) is 5.40. The summed E-state index contributed by atoms with van der Waals surface area (Å²) in [4.78, 5) is 19.3. The van der Waals surface area contributed by atoms with Crippen molar-refractivity contribution in [1.29, 1.82) is 0 Å². The Balaban J connectivity index is 2.01. The number of ether oxygens (including phenoxy) is 1. The molecule has 6 nitrogen and oxygen atoms in total. The maximum absolute atomic E-state index is 12.6. The molecule has 3 rings (SSSR count). The van der Waals surface area contributed by atoms with Gasteiger partial charge in [0.2, 0.25) is 5.95 Å². The van der Waals surface area contributed by atoms with Crippen molar-refractivity contribution in [1.82, 2.24) is 9.97 Å². The number of hydrogen-bond acceptors (Lipinski definition) is 5.